The Morgan fingerprint density at radius 1 is 1.27 bits per heavy atom. The summed E-state index contributed by atoms with van der Waals surface area (Å²) in [5.74, 6) is -0.797. The monoisotopic (exact) mass is 746 g/mol. The van der Waals surface area contributed by atoms with E-state index in [9.17, 15) is 28.0 Å². The molecule has 21 heteroatoms. The third kappa shape index (κ3) is 8.44. The molecule has 49 heavy (non-hydrogen) atoms. The standard InChI is InChI=1S/C28H40ClN8O10PS/c1-27(2,25(39)45-17-8-6-7-9-17)34-48(41,47-18-12-10-16(29)11-13-18)44-14-19-21(38)28(3,40)24(46-19)37-15-31-20-22(32-26(30)33-23(20)37)36(4)35-49(5,42)43/h10-13,15,17,19,21,24,35,38,40H,6-9,14H2,1-5H3,(H,34,41)(H2,30,32,33)/t19-,21-,24-,28-,48?/m1/s1. The first-order valence-corrected chi connectivity index (χ1v) is 19.1. The summed E-state index contributed by atoms with van der Waals surface area (Å²) in [5.41, 5.74) is 2.52. The van der Waals surface area contributed by atoms with Crippen molar-refractivity contribution in [3.63, 3.8) is 0 Å². The van der Waals surface area contributed by atoms with Gasteiger partial charge in [0.05, 0.1) is 19.2 Å². The van der Waals surface area contributed by atoms with Gasteiger partial charge in [0.1, 0.15) is 35.2 Å². The van der Waals surface area contributed by atoms with E-state index in [4.69, 9.17) is 35.9 Å². The average molecular weight is 747 g/mol. The van der Waals surface area contributed by atoms with E-state index in [0.717, 1.165) is 36.9 Å². The van der Waals surface area contributed by atoms with Crippen LogP contribution in [0.25, 0.3) is 11.2 Å². The smallest absolute Gasteiger partial charge is 0.459 e. The number of carbonyl (C=O) groups excluding carboxylic acids is 1. The van der Waals surface area contributed by atoms with Crippen molar-refractivity contribution in [2.24, 2.45) is 0 Å². The van der Waals surface area contributed by atoms with Crippen LogP contribution in [-0.2, 0) is 33.4 Å². The summed E-state index contributed by atoms with van der Waals surface area (Å²) in [5, 5.41) is 26.8. The van der Waals surface area contributed by atoms with Gasteiger partial charge in [0, 0.05) is 12.1 Å². The first-order valence-electron chi connectivity index (χ1n) is 15.3. The van der Waals surface area contributed by atoms with E-state index >= 15 is 0 Å². The van der Waals surface area contributed by atoms with Gasteiger partial charge in [-0.15, -0.1) is 4.83 Å². The van der Waals surface area contributed by atoms with Gasteiger partial charge >= 0.3 is 13.7 Å². The third-order valence-corrected chi connectivity index (χ3v) is 10.6. The zero-order valence-corrected chi connectivity index (χ0v) is 29.9. The second kappa shape index (κ2) is 13.9. The molecule has 2 fully saturated rings. The number of hydrogen-bond donors (Lipinski definition) is 5. The Balaban J connectivity index is 1.39. The van der Waals surface area contributed by atoms with Crippen LogP contribution in [0.1, 0.15) is 52.7 Å². The minimum Gasteiger partial charge on any atom is -0.461 e. The van der Waals surface area contributed by atoms with Crippen LogP contribution < -0.4 is 25.2 Å². The highest BCUT2D eigenvalue weighted by atomic mass is 35.5. The normalized spacial score (nSPS) is 24.6. The van der Waals surface area contributed by atoms with Crippen LogP contribution in [0.3, 0.4) is 0 Å². The summed E-state index contributed by atoms with van der Waals surface area (Å²) in [7, 11) is -6.76. The number of imidazole rings is 1. The SMILES string of the molecule is CN(NS(C)(=O)=O)c1nc(N)nc2c1ncn2[C@@H]1O[C@H](COP(=O)(NC(C)(C)C(=O)OC2CCCC2)Oc2ccc(Cl)cc2)[C@@H](O)[C@@]1(C)O. The summed E-state index contributed by atoms with van der Waals surface area (Å²) in [6.45, 7) is 3.67. The molecule has 1 unspecified atom stereocenters. The van der Waals surface area contributed by atoms with E-state index in [1.54, 1.807) is 0 Å². The molecule has 5 atom stereocenters. The molecule has 5 rings (SSSR count). The van der Waals surface area contributed by atoms with Gasteiger partial charge in [0.15, 0.2) is 23.2 Å². The van der Waals surface area contributed by atoms with Crippen molar-refractivity contribution in [2.45, 2.75) is 82.1 Å². The molecule has 2 aliphatic rings. The van der Waals surface area contributed by atoms with Gasteiger partial charge in [-0.05, 0) is 70.7 Å². The fourth-order valence-electron chi connectivity index (χ4n) is 5.57. The molecule has 2 aromatic heterocycles. The molecule has 1 aliphatic heterocycles. The maximum Gasteiger partial charge on any atom is 0.459 e. The van der Waals surface area contributed by atoms with Crippen molar-refractivity contribution >= 4 is 58.3 Å². The van der Waals surface area contributed by atoms with Gasteiger partial charge in [-0.1, -0.05) is 11.6 Å². The van der Waals surface area contributed by atoms with E-state index in [1.165, 1.54) is 63.0 Å². The van der Waals surface area contributed by atoms with Crippen LogP contribution in [0.4, 0.5) is 11.8 Å². The van der Waals surface area contributed by atoms with Crippen LogP contribution in [0.2, 0.25) is 5.02 Å². The number of nitrogen functional groups attached to an aromatic ring is 1. The number of aromatic nitrogens is 4. The predicted octanol–water partition coefficient (Wildman–Crippen LogP) is 2.03. The van der Waals surface area contributed by atoms with Gasteiger partial charge in [-0.25, -0.2) is 18.0 Å². The Labute approximate surface area is 287 Å². The Kier molecular flexibility index (Phi) is 10.5. The van der Waals surface area contributed by atoms with Crippen LogP contribution in [0, 0.1) is 0 Å². The molecule has 1 saturated carbocycles. The number of fused-ring (bicyclic) bond motifs is 1. The van der Waals surface area contributed by atoms with E-state index in [-0.39, 0.29) is 34.8 Å². The summed E-state index contributed by atoms with van der Waals surface area (Å²) in [4.78, 5) is 27.9. The number of rotatable bonds is 13. The molecule has 3 aromatic rings. The Morgan fingerprint density at radius 2 is 1.92 bits per heavy atom. The van der Waals surface area contributed by atoms with Crippen molar-refractivity contribution < 1.29 is 46.5 Å². The lowest BCUT2D eigenvalue weighted by Gasteiger charge is -2.31. The molecule has 0 amide bonds. The number of aliphatic hydroxyl groups excluding tert-OH is 1. The van der Waals surface area contributed by atoms with E-state index in [0.29, 0.717) is 5.02 Å². The number of sulfonamides is 1. The molecule has 0 bridgehead atoms. The van der Waals surface area contributed by atoms with Gasteiger partial charge in [-0.2, -0.15) is 15.1 Å². The summed E-state index contributed by atoms with van der Waals surface area (Å²) in [6.07, 6.45) is 1.03. The van der Waals surface area contributed by atoms with Crippen LogP contribution in [-0.4, -0.2) is 93.5 Å². The second-order valence-electron chi connectivity index (χ2n) is 12.7. The molecule has 18 nitrogen and oxygen atoms in total. The molecular formula is C28H40ClN8O10PS. The largest absolute Gasteiger partial charge is 0.461 e. The molecule has 0 radical (unpaired) electrons. The summed E-state index contributed by atoms with van der Waals surface area (Å²) >= 11 is 6.00. The average Bonchev–Trinajstić information content (AvgIpc) is 3.71. The number of carbonyl (C=O) groups is 1. The maximum absolute atomic E-state index is 14.3. The molecule has 6 N–H and O–H groups in total. The molecule has 0 spiro atoms. The topological polar surface area (TPSA) is 243 Å². The van der Waals surface area contributed by atoms with E-state index in [2.05, 4.69) is 24.9 Å². The van der Waals surface area contributed by atoms with E-state index in [1.807, 2.05) is 0 Å². The van der Waals surface area contributed by atoms with Crippen molar-refractivity contribution in [1.29, 1.82) is 0 Å². The van der Waals surface area contributed by atoms with Crippen molar-refractivity contribution in [2.75, 3.05) is 30.7 Å². The first-order chi connectivity index (χ1) is 22.8. The number of aliphatic hydroxyl groups is 2. The molecule has 1 aliphatic carbocycles. The Hall–Kier alpha value is -3.13. The lowest BCUT2D eigenvalue weighted by Crippen LogP contribution is -2.48. The number of ether oxygens (including phenoxy) is 2. The number of esters is 1. The predicted molar refractivity (Wildman–Crippen MR) is 178 cm³/mol. The van der Waals surface area contributed by atoms with Gasteiger partial charge in [-0.3, -0.25) is 18.9 Å². The highest BCUT2D eigenvalue weighted by Gasteiger charge is 2.54. The number of benzene rings is 1. The maximum atomic E-state index is 14.3. The molecular weight excluding hydrogens is 707 g/mol. The first kappa shape index (κ1) is 37.1. The fourth-order valence-corrected chi connectivity index (χ4v) is 7.96. The molecule has 1 saturated heterocycles. The van der Waals surface area contributed by atoms with Crippen molar-refractivity contribution in [3.8, 4) is 5.75 Å². The fraction of sp³-hybridized carbons (Fsp3) is 0.571. The number of anilines is 2. The zero-order chi connectivity index (χ0) is 35.9. The highest BCUT2D eigenvalue weighted by Crippen LogP contribution is 2.48. The van der Waals surface area contributed by atoms with E-state index < -0.39 is 59.9 Å². The number of halogens is 1. The lowest BCUT2D eigenvalue weighted by atomic mass is 9.96. The minimum absolute atomic E-state index is 0.00480. The van der Waals surface area contributed by atoms with Crippen molar-refractivity contribution in [1.82, 2.24) is 29.4 Å². The van der Waals surface area contributed by atoms with Crippen LogP contribution in [0.5, 0.6) is 5.75 Å². The van der Waals surface area contributed by atoms with Crippen LogP contribution >= 0.6 is 19.3 Å². The summed E-state index contributed by atoms with van der Waals surface area (Å²) < 4.78 is 62.4. The zero-order valence-electron chi connectivity index (χ0n) is 27.4. The molecule has 3 heterocycles. The Morgan fingerprint density at radius 3 is 2.55 bits per heavy atom. The number of hydrogen-bond acceptors (Lipinski definition) is 15. The minimum atomic E-state index is -4.44. The summed E-state index contributed by atoms with van der Waals surface area (Å²) in [6, 6.07) is 5.94. The third-order valence-electron chi connectivity index (χ3n) is 8.00. The number of nitrogens with one attached hydrogen (secondary N) is 2. The van der Waals surface area contributed by atoms with Gasteiger partial charge in [0.2, 0.25) is 16.0 Å². The number of hydrazine groups is 1. The van der Waals surface area contributed by atoms with Crippen LogP contribution in [0.15, 0.2) is 30.6 Å². The highest BCUT2D eigenvalue weighted by molar-refractivity contribution is 7.88. The second-order valence-corrected chi connectivity index (χ2v) is 16.6. The number of nitrogens with zero attached hydrogens (tertiary/aromatic N) is 5. The van der Waals surface area contributed by atoms with Gasteiger partial charge in [0.25, 0.3) is 0 Å². The number of nitrogens with two attached hydrogens (primary N) is 1. The molecule has 270 valence electrons. The quantitative estimate of drug-likeness (QED) is 0.0954. The van der Waals surface area contributed by atoms with Crippen molar-refractivity contribution in [3.05, 3.63) is 35.6 Å². The molecule has 1 aromatic carbocycles. The Bertz CT molecular complexity index is 1840. The van der Waals surface area contributed by atoms with Gasteiger partial charge < -0.3 is 29.9 Å². The lowest BCUT2D eigenvalue weighted by molar-refractivity contribution is -0.155.